The Morgan fingerprint density at radius 3 is 2.78 bits per heavy atom. The van der Waals surface area contributed by atoms with Crippen molar-refractivity contribution in [2.45, 2.75) is 19.9 Å². The average molecular weight is 284 g/mol. The van der Waals surface area contributed by atoms with Gasteiger partial charge in [-0.25, -0.2) is 9.67 Å². The third kappa shape index (κ3) is 2.71. The van der Waals surface area contributed by atoms with Gasteiger partial charge in [-0.3, -0.25) is 4.79 Å². The molecule has 0 unspecified atom stereocenters. The van der Waals surface area contributed by atoms with Crippen LogP contribution in [0.25, 0.3) is 0 Å². The Morgan fingerprint density at radius 1 is 1.33 bits per heavy atom. The lowest BCUT2D eigenvalue weighted by atomic mass is 10.1. The van der Waals surface area contributed by atoms with Crippen molar-refractivity contribution in [2.24, 2.45) is 0 Å². The third-order valence-electron chi connectivity index (χ3n) is 2.56. The Kier molecular flexibility index (Phi) is 3.99. The average Bonchev–Trinajstić information content (AvgIpc) is 2.79. The molecule has 0 saturated carbocycles. The lowest BCUT2D eigenvalue weighted by Gasteiger charge is -2.04. The first-order valence-electron chi connectivity index (χ1n) is 5.46. The molecule has 0 radical (unpaired) electrons. The summed E-state index contributed by atoms with van der Waals surface area (Å²) in [5, 5.41) is 4.83. The number of hydrogen-bond acceptors (Lipinski definition) is 3. The van der Waals surface area contributed by atoms with Crippen LogP contribution in [0.15, 0.2) is 24.5 Å². The second-order valence-corrected chi connectivity index (χ2v) is 4.54. The van der Waals surface area contributed by atoms with E-state index in [-0.39, 0.29) is 12.2 Å². The molecule has 0 aliphatic carbocycles. The highest BCUT2D eigenvalue weighted by atomic mass is 35.5. The third-order valence-corrected chi connectivity index (χ3v) is 3.29. The molecule has 0 aliphatic heterocycles. The number of rotatable bonds is 4. The molecular formula is C12H11Cl2N3O. The Hall–Kier alpha value is -1.39. The summed E-state index contributed by atoms with van der Waals surface area (Å²) >= 11 is 11.7. The van der Waals surface area contributed by atoms with Gasteiger partial charge in [0.1, 0.15) is 12.2 Å². The highest BCUT2D eigenvalue weighted by Crippen LogP contribution is 2.23. The van der Waals surface area contributed by atoms with Crippen LogP contribution in [0.2, 0.25) is 10.0 Å². The van der Waals surface area contributed by atoms with Gasteiger partial charge < -0.3 is 0 Å². The fourth-order valence-corrected chi connectivity index (χ4v) is 1.90. The minimum atomic E-state index is -0.0590. The molecule has 94 valence electrons. The van der Waals surface area contributed by atoms with Crippen molar-refractivity contribution in [3.63, 3.8) is 0 Å². The van der Waals surface area contributed by atoms with Crippen molar-refractivity contribution in [2.75, 3.05) is 0 Å². The van der Waals surface area contributed by atoms with Gasteiger partial charge in [-0.05, 0) is 25.1 Å². The first-order valence-corrected chi connectivity index (χ1v) is 6.22. The molecule has 2 rings (SSSR count). The number of aromatic nitrogens is 3. The molecule has 1 aromatic heterocycles. The molecule has 0 N–H and O–H groups in total. The maximum atomic E-state index is 12.1. The zero-order chi connectivity index (χ0) is 13.1. The summed E-state index contributed by atoms with van der Waals surface area (Å²) in [4.78, 5) is 16.1. The highest BCUT2D eigenvalue weighted by molar-refractivity contribution is 6.42. The number of benzene rings is 1. The fourth-order valence-electron chi connectivity index (χ4n) is 1.60. The number of ketones is 1. The number of carbonyl (C=O) groups excluding carboxylic acids is 1. The fraction of sp³-hybridized carbons (Fsp3) is 0.250. The standard InChI is InChI=1S/C12H11Cl2N3O/c1-2-17-12(15-7-16-17)6-11(18)8-3-4-9(13)10(14)5-8/h3-5,7H,2,6H2,1H3. The molecule has 18 heavy (non-hydrogen) atoms. The molecule has 1 heterocycles. The molecule has 1 aromatic carbocycles. The van der Waals surface area contributed by atoms with Gasteiger partial charge in [0.2, 0.25) is 0 Å². The van der Waals surface area contributed by atoms with Crippen molar-refractivity contribution >= 4 is 29.0 Å². The summed E-state index contributed by atoms with van der Waals surface area (Å²) < 4.78 is 1.69. The lowest BCUT2D eigenvalue weighted by molar-refractivity contribution is 0.0989. The molecule has 0 fully saturated rings. The smallest absolute Gasteiger partial charge is 0.170 e. The van der Waals surface area contributed by atoms with Crippen LogP contribution in [0.5, 0.6) is 0 Å². The number of halogens is 2. The molecule has 0 spiro atoms. The number of hydrogen-bond donors (Lipinski definition) is 0. The van der Waals surface area contributed by atoms with Crippen LogP contribution in [0.3, 0.4) is 0 Å². The Bertz CT molecular complexity index is 580. The summed E-state index contributed by atoms with van der Waals surface area (Å²) in [6.07, 6.45) is 1.65. The minimum absolute atomic E-state index is 0.0590. The Morgan fingerprint density at radius 2 is 2.11 bits per heavy atom. The van der Waals surface area contributed by atoms with E-state index in [1.165, 1.54) is 6.33 Å². The van der Waals surface area contributed by atoms with Crippen LogP contribution >= 0.6 is 23.2 Å². The largest absolute Gasteiger partial charge is 0.294 e. The quantitative estimate of drug-likeness (QED) is 0.811. The first kappa shape index (κ1) is 13.1. The van der Waals surface area contributed by atoms with Crippen LogP contribution in [0.4, 0.5) is 0 Å². The predicted molar refractivity (Wildman–Crippen MR) is 70.2 cm³/mol. The van der Waals surface area contributed by atoms with Crippen molar-refractivity contribution in [1.82, 2.24) is 14.8 Å². The first-order chi connectivity index (χ1) is 8.61. The van der Waals surface area contributed by atoms with Gasteiger partial charge in [-0.2, -0.15) is 5.10 Å². The molecule has 4 nitrogen and oxygen atoms in total. The van der Waals surface area contributed by atoms with E-state index in [0.717, 1.165) is 0 Å². The van der Waals surface area contributed by atoms with Crippen LogP contribution < -0.4 is 0 Å². The lowest BCUT2D eigenvalue weighted by Crippen LogP contribution is -2.10. The van der Waals surface area contributed by atoms with Gasteiger partial charge in [-0.15, -0.1) is 0 Å². The second kappa shape index (κ2) is 5.50. The van der Waals surface area contributed by atoms with E-state index >= 15 is 0 Å². The molecule has 6 heteroatoms. The molecule has 0 saturated heterocycles. The highest BCUT2D eigenvalue weighted by Gasteiger charge is 2.12. The van der Waals surface area contributed by atoms with Crippen LogP contribution in [0.1, 0.15) is 23.1 Å². The van der Waals surface area contributed by atoms with Crippen LogP contribution in [-0.4, -0.2) is 20.5 Å². The Labute approximate surface area is 115 Å². The van der Waals surface area contributed by atoms with Gasteiger partial charge >= 0.3 is 0 Å². The topological polar surface area (TPSA) is 47.8 Å². The summed E-state index contributed by atoms with van der Waals surface area (Å²) in [6, 6.07) is 4.84. The maximum absolute atomic E-state index is 12.1. The number of aryl methyl sites for hydroxylation is 1. The van der Waals surface area contributed by atoms with Crippen LogP contribution in [0, 0.1) is 0 Å². The molecule has 0 atom stereocenters. The van der Waals surface area contributed by atoms with E-state index in [9.17, 15) is 4.79 Å². The van der Waals surface area contributed by atoms with E-state index in [1.54, 1.807) is 22.9 Å². The van der Waals surface area contributed by atoms with Crippen molar-refractivity contribution in [3.8, 4) is 0 Å². The SMILES string of the molecule is CCn1ncnc1CC(=O)c1ccc(Cl)c(Cl)c1. The summed E-state index contributed by atoms with van der Waals surface area (Å²) in [6.45, 7) is 2.63. The molecule has 2 aromatic rings. The number of Topliss-reactive ketones (excluding diaryl/α,β-unsaturated/α-hetero) is 1. The minimum Gasteiger partial charge on any atom is -0.294 e. The predicted octanol–water partition coefficient (Wildman–Crippen LogP) is 3.03. The zero-order valence-electron chi connectivity index (χ0n) is 9.73. The molecule has 0 bridgehead atoms. The summed E-state index contributed by atoms with van der Waals surface area (Å²) in [5.74, 6) is 0.588. The van der Waals surface area contributed by atoms with E-state index in [4.69, 9.17) is 23.2 Å². The van der Waals surface area contributed by atoms with Crippen molar-refractivity contribution in [1.29, 1.82) is 0 Å². The second-order valence-electron chi connectivity index (χ2n) is 3.72. The summed E-state index contributed by atoms with van der Waals surface area (Å²) in [7, 11) is 0. The van der Waals surface area contributed by atoms with Crippen molar-refractivity contribution < 1.29 is 4.79 Å². The van der Waals surface area contributed by atoms with Gasteiger partial charge in [0.15, 0.2) is 5.78 Å². The van der Waals surface area contributed by atoms with E-state index < -0.39 is 0 Å². The van der Waals surface area contributed by atoms with E-state index in [1.807, 2.05) is 6.92 Å². The van der Waals surface area contributed by atoms with E-state index in [2.05, 4.69) is 10.1 Å². The number of nitrogens with zero attached hydrogens (tertiary/aromatic N) is 3. The zero-order valence-corrected chi connectivity index (χ0v) is 11.2. The normalized spacial score (nSPS) is 10.6. The molecular weight excluding hydrogens is 273 g/mol. The molecule has 0 aliphatic rings. The van der Waals surface area contributed by atoms with Crippen molar-refractivity contribution in [3.05, 3.63) is 46.0 Å². The van der Waals surface area contributed by atoms with Gasteiger partial charge in [0, 0.05) is 12.1 Å². The van der Waals surface area contributed by atoms with Gasteiger partial charge in [0.25, 0.3) is 0 Å². The Balaban J connectivity index is 2.19. The summed E-state index contributed by atoms with van der Waals surface area (Å²) in [5.41, 5.74) is 0.523. The monoisotopic (exact) mass is 283 g/mol. The number of carbonyl (C=O) groups is 1. The molecule has 0 amide bonds. The van der Waals surface area contributed by atoms with Crippen LogP contribution in [-0.2, 0) is 13.0 Å². The maximum Gasteiger partial charge on any atom is 0.170 e. The van der Waals surface area contributed by atoms with Gasteiger partial charge in [-0.1, -0.05) is 23.2 Å². The van der Waals surface area contributed by atoms with E-state index in [0.29, 0.717) is 28.0 Å². The van der Waals surface area contributed by atoms with Gasteiger partial charge in [0.05, 0.1) is 16.5 Å².